The minimum absolute atomic E-state index is 0.209. The van der Waals surface area contributed by atoms with Gasteiger partial charge in [-0.05, 0) is 64.6 Å². The summed E-state index contributed by atoms with van der Waals surface area (Å²) in [5.41, 5.74) is 4.47. The van der Waals surface area contributed by atoms with Gasteiger partial charge in [0, 0.05) is 0 Å². The van der Waals surface area contributed by atoms with E-state index in [0.29, 0.717) is 6.61 Å². The maximum atomic E-state index is 6.06. The molecule has 0 radical (unpaired) electrons. The second kappa shape index (κ2) is 6.16. The van der Waals surface area contributed by atoms with Gasteiger partial charge in [-0.15, -0.1) is 0 Å². The molecule has 2 aromatic rings. The third-order valence-electron chi connectivity index (χ3n) is 5.36. The fourth-order valence-corrected chi connectivity index (χ4v) is 3.59. The van der Waals surface area contributed by atoms with E-state index in [4.69, 9.17) is 9.47 Å². The van der Waals surface area contributed by atoms with Gasteiger partial charge >= 0.3 is 0 Å². The molecule has 0 aromatic heterocycles. The summed E-state index contributed by atoms with van der Waals surface area (Å²) in [5.74, 6) is 1.81. The second-order valence-electron chi connectivity index (χ2n) is 8.12. The summed E-state index contributed by atoms with van der Waals surface area (Å²) in [5, 5.41) is 0. The number of rotatable bonds is 4. The lowest BCUT2D eigenvalue weighted by Crippen LogP contribution is -2.33. The molecule has 0 heterocycles. The van der Waals surface area contributed by atoms with Crippen LogP contribution in [0.2, 0.25) is 0 Å². The minimum Gasteiger partial charge on any atom is -0.497 e. The normalized spacial score (nSPS) is 17.9. The van der Waals surface area contributed by atoms with E-state index in [1.54, 1.807) is 7.11 Å². The number of hydrogen-bond donors (Lipinski definition) is 0. The van der Waals surface area contributed by atoms with Gasteiger partial charge < -0.3 is 9.47 Å². The van der Waals surface area contributed by atoms with Gasteiger partial charge in [0.25, 0.3) is 0 Å². The first-order chi connectivity index (χ1) is 11.3. The van der Waals surface area contributed by atoms with Crippen LogP contribution < -0.4 is 9.47 Å². The Morgan fingerprint density at radius 3 is 2.25 bits per heavy atom. The van der Waals surface area contributed by atoms with Crippen LogP contribution in [0.4, 0.5) is 0 Å². The van der Waals surface area contributed by atoms with E-state index in [-0.39, 0.29) is 10.8 Å². The van der Waals surface area contributed by atoms with Crippen LogP contribution in [0.3, 0.4) is 0 Å². The molecule has 0 bridgehead atoms. The Labute approximate surface area is 145 Å². The molecular weight excluding hydrogens is 296 g/mol. The van der Waals surface area contributed by atoms with Crippen molar-refractivity contribution in [2.24, 2.45) is 0 Å². The summed E-state index contributed by atoms with van der Waals surface area (Å²) in [4.78, 5) is 0. The lowest BCUT2D eigenvalue weighted by molar-refractivity contribution is 0.298. The first-order valence-electron chi connectivity index (χ1n) is 8.73. The zero-order valence-electron chi connectivity index (χ0n) is 15.5. The maximum Gasteiger partial charge on any atom is 0.120 e. The number of benzene rings is 2. The smallest absolute Gasteiger partial charge is 0.120 e. The molecule has 0 N–H and O–H groups in total. The van der Waals surface area contributed by atoms with Gasteiger partial charge in [-0.2, -0.15) is 0 Å². The van der Waals surface area contributed by atoms with Crippen LogP contribution in [0, 0.1) is 0 Å². The van der Waals surface area contributed by atoms with Crippen LogP contribution in [-0.2, 0) is 17.4 Å². The molecule has 0 aliphatic heterocycles. The zero-order valence-corrected chi connectivity index (χ0v) is 15.5. The van der Waals surface area contributed by atoms with E-state index in [2.05, 4.69) is 52.0 Å². The van der Waals surface area contributed by atoms with Crippen molar-refractivity contribution in [3.05, 3.63) is 59.2 Å². The molecule has 128 valence electrons. The van der Waals surface area contributed by atoms with E-state index in [1.807, 2.05) is 18.2 Å². The third kappa shape index (κ3) is 3.28. The molecular formula is C22H28O2. The Hall–Kier alpha value is -1.96. The Balaban J connectivity index is 1.83. The lowest BCUT2D eigenvalue weighted by Gasteiger charge is -2.41. The van der Waals surface area contributed by atoms with Gasteiger partial charge in [-0.3, -0.25) is 0 Å². The van der Waals surface area contributed by atoms with Crippen molar-refractivity contribution in [2.75, 3.05) is 7.11 Å². The Bertz CT molecular complexity index is 728. The summed E-state index contributed by atoms with van der Waals surface area (Å²) >= 11 is 0. The molecule has 2 heteroatoms. The molecule has 0 saturated carbocycles. The zero-order chi connectivity index (χ0) is 17.4. The first kappa shape index (κ1) is 16.9. The SMILES string of the molecule is COc1cccc(COc2ccc3c(c2)C(C)(C)CCC3(C)C)c1. The van der Waals surface area contributed by atoms with Gasteiger partial charge in [0.2, 0.25) is 0 Å². The van der Waals surface area contributed by atoms with Crippen LogP contribution in [0.25, 0.3) is 0 Å². The summed E-state index contributed by atoms with van der Waals surface area (Å²) in [6.07, 6.45) is 2.45. The van der Waals surface area contributed by atoms with Crippen molar-refractivity contribution < 1.29 is 9.47 Å². The van der Waals surface area contributed by atoms with Crippen LogP contribution in [0.15, 0.2) is 42.5 Å². The molecule has 3 rings (SSSR count). The average Bonchev–Trinajstić information content (AvgIpc) is 2.57. The highest BCUT2D eigenvalue weighted by molar-refractivity contribution is 5.45. The highest BCUT2D eigenvalue weighted by Crippen LogP contribution is 2.46. The van der Waals surface area contributed by atoms with Crippen molar-refractivity contribution in [3.63, 3.8) is 0 Å². The molecule has 24 heavy (non-hydrogen) atoms. The summed E-state index contributed by atoms with van der Waals surface area (Å²) < 4.78 is 11.3. The van der Waals surface area contributed by atoms with Gasteiger partial charge in [-0.1, -0.05) is 45.9 Å². The fourth-order valence-electron chi connectivity index (χ4n) is 3.59. The topological polar surface area (TPSA) is 18.5 Å². The second-order valence-corrected chi connectivity index (χ2v) is 8.12. The quantitative estimate of drug-likeness (QED) is 0.726. The molecule has 0 spiro atoms. The number of methoxy groups -OCH3 is 1. The molecule has 0 amide bonds. The predicted molar refractivity (Wildman–Crippen MR) is 99.1 cm³/mol. The fraction of sp³-hybridized carbons (Fsp3) is 0.455. The van der Waals surface area contributed by atoms with E-state index in [0.717, 1.165) is 17.1 Å². The highest BCUT2D eigenvalue weighted by atomic mass is 16.5. The molecule has 1 aliphatic carbocycles. The minimum atomic E-state index is 0.209. The van der Waals surface area contributed by atoms with Crippen molar-refractivity contribution >= 4 is 0 Å². The van der Waals surface area contributed by atoms with Crippen molar-refractivity contribution in [1.82, 2.24) is 0 Å². The maximum absolute atomic E-state index is 6.06. The molecule has 0 unspecified atom stereocenters. The number of hydrogen-bond acceptors (Lipinski definition) is 2. The molecule has 2 aromatic carbocycles. The molecule has 2 nitrogen and oxygen atoms in total. The monoisotopic (exact) mass is 324 g/mol. The lowest BCUT2D eigenvalue weighted by atomic mass is 9.63. The van der Waals surface area contributed by atoms with Crippen LogP contribution in [-0.4, -0.2) is 7.11 Å². The summed E-state index contributed by atoms with van der Waals surface area (Å²) in [6, 6.07) is 14.7. The third-order valence-corrected chi connectivity index (χ3v) is 5.36. The van der Waals surface area contributed by atoms with Gasteiger partial charge in [-0.25, -0.2) is 0 Å². The van der Waals surface area contributed by atoms with Gasteiger partial charge in [0.1, 0.15) is 18.1 Å². The van der Waals surface area contributed by atoms with Crippen LogP contribution >= 0.6 is 0 Å². The van der Waals surface area contributed by atoms with Crippen molar-refractivity contribution in [2.45, 2.75) is 58.0 Å². The highest BCUT2D eigenvalue weighted by Gasteiger charge is 2.37. The number of ether oxygens (including phenoxy) is 2. The van der Waals surface area contributed by atoms with Crippen molar-refractivity contribution in [3.8, 4) is 11.5 Å². The Kier molecular flexibility index (Phi) is 4.33. The van der Waals surface area contributed by atoms with Crippen molar-refractivity contribution in [1.29, 1.82) is 0 Å². The van der Waals surface area contributed by atoms with E-state index < -0.39 is 0 Å². The predicted octanol–water partition coefficient (Wildman–Crippen LogP) is 5.62. The van der Waals surface area contributed by atoms with Crippen LogP contribution in [0.1, 0.15) is 57.2 Å². The standard InChI is InChI=1S/C22H28O2/c1-21(2)11-12-22(3,4)20-14-18(9-10-19(20)21)24-15-16-7-6-8-17(13-16)23-5/h6-10,13-14H,11-12,15H2,1-5H3. The molecule has 0 atom stereocenters. The van der Waals surface area contributed by atoms with E-state index >= 15 is 0 Å². The van der Waals surface area contributed by atoms with Gasteiger partial charge in [0.15, 0.2) is 0 Å². The van der Waals surface area contributed by atoms with Gasteiger partial charge in [0.05, 0.1) is 7.11 Å². The summed E-state index contributed by atoms with van der Waals surface area (Å²) in [7, 11) is 1.69. The van der Waals surface area contributed by atoms with E-state index in [9.17, 15) is 0 Å². The molecule has 1 aliphatic rings. The largest absolute Gasteiger partial charge is 0.497 e. The molecule has 0 saturated heterocycles. The Morgan fingerprint density at radius 2 is 1.54 bits per heavy atom. The first-order valence-corrected chi connectivity index (χ1v) is 8.73. The van der Waals surface area contributed by atoms with Crippen LogP contribution in [0.5, 0.6) is 11.5 Å². The molecule has 0 fully saturated rings. The Morgan fingerprint density at radius 1 is 0.833 bits per heavy atom. The summed E-state index contributed by atoms with van der Waals surface area (Å²) in [6.45, 7) is 9.93. The van der Waals surface area contributed by atoms with E-state index in [1.165, 1.54) is 24.0 Å². The number of fused-ring (bicyclic) bond motifs is 1. The average molecular weight is 324 g/mol.